The number of aliphatic hydroxyl groups is 4. The van der Waals surface area contributed by atoms with Crippen LogP contribution in [0.1, 0.15) is 0 Å². The lowest BCUT2D eigenvalue weighted by Gasteiger charge is -2.30. The number of hydrogen-bond donors (Lipinski definition) is 4. The Morgan fingerprint density at radius 1 is 0.526 bits per heavy atom. The highest BCUT2D eigenvalue weighted by atomic mass is 35.5. The van der Waals surface area contributed by atoms with Gasteiger partial charge in [0.1, 0.15) is 24.7 Å². The van der Waals surface area contributed by atoms with Crippen LogP contribution in [0, 0.1) is 0 Å². The molecule has 2 aromatic rings. The largest absolute Gasteiger partial charge is 0.488 e. The zero-order chi connectivity index (χ0) is 27.9. The number of ether oxygens (including phenoxy) is 2. The molecule has 214 valence electrons. The molecular formula is C26H36Cl4N2O6. The molecule has 0 aliphatic heterocycles. The van der Waals surface area contributed by atoms with E-state index in [4.69, 9.17) is 55.9 Å². The van der Waals surface area contributed by atoms with Gasteiger partial charge < -0.3 is 39.7 Å². The van der Waals surface area contributed by atoms with Gasteiger partial charge in [-0.15, -0.1) is 46.4 Å². The van der Waals surface area contributed by atoms with Gasteiger partial charge in [-0.2, -0.15) is 0 Å². The first kappa shape index (κ1) is 32.8. The first-order chi connectivity index (χ1) is 18.3. The molecule has 38 heavy (non-hydrogen) atoms. The number of para-hydroxylation sites is 4. The van der Waals surface area contributed by atoms with Gasteiger partial charge >= 0.3 is 0 Å². The first-order valence-corrected chi connectivity index (χ1v) is 14.4. The van der Waals surface area contributed by atoms with Crippen molar-refractivity contribution in [1.29, 1.82) is 0 Å². The summed E-state index contributed by atoms with van der Waals surface area (Å²) >= 11 is 23.2. The van der Waals surface area contributed by atoms with E-state index < -0.39 is 24.4 Å². The molecule has 2 rings (SSSR count). The zero-order valence-corrected chi connectivity index (χ0v) is 24.0. The van der Waals surface area contributed by atoms with Crippen LogP contribution in [-0.4, -0.2) is 108 Å². The summed E-state index contributed by atoms with van der Waals surface area (Å²) in [6, 6.07) is 14.6. The van der Waals surface area contributed by atoms with Crippen molar-refractivity contribution in [2.75, 3.05) is 72.7 Å². The fraction of sp³-hybridized carbons (Fsp3) is 0.538. The van der Waals surface area contributed by atoms with E-state index in [0.717, 1.165) is 0 Å². The molecule has 8 nitrogen and oxygen atoms in total. The van der Waals surface area contributed by atoms with Gasteiger partial charge in [-0.05, 0) is 24.3 Å². The molecule has 0 aliphatic carbocycles. The normalized spacial score (nSPS) is 14.4. The maximum atomic E-state index is 10.1. The summed E-state index contributed by atoms with van der Waals surface area (Å²) in [5, 5.41) is 40.5. The Labute approximate surface area is 244 Å². The number of halogens is 4. The minimum absolute atomic E-state index is 0.0462. The summed E-state index contributed by atoms with van der Waals surface area (Å²) in [4.78, 5) is 3.57. The highest BCUT2D eigenvalue weighted by Gasteiger charge is 2.20. The van der Waals surface area contributed by atoms with E-state index in [2.05, 4.69) is 0 Å². The van der Waals surface area contributed by atoms with Crippen molar-refractivity contribution < 1.29 is 29.9 Å². The standard InChI is InChI=1S/C26H36Cl4N2O6/c27-11-19(33)15-31(16-20(34)12-28)23-5-1-3-7-25(23)37-9-10-38-26-8-4-2-6-24(26)32(17-21(35)13-29)18-22(36)14-30/h1-8,19-22,33-36H,9-18H2. The molecule has 0 radical (unpaired) electrons. The highest BCUT2D eigenvalue weighted by molar-refractivity contribution is 6.18. The van der Waals surface area contributed by atoms with Gasteiger partial charge in [-0.1, -0.05) is 24.3 Å². The predicted molar refractivity (Wildman–Crippen MR) is 155 cm³/mol. The number of hydrogen-bond acceptors (Lipinski definition) is 8. The maximum absolute atomic E-state index is 10.1. The summed E-state index contributed by atoms with van der Waals surface area (Å²) in [7, 11) is 0. The molecule has 2 aromatic carbocycles. The first-order valence-electron chi connectivity index (χ1n) is 12.2. The van der Waals surface area contributed by atoms with E-state index in [0.29, 0.717) is 22.9 Å². The molecule has 4 atom stereocenters. The van der Waals surface area contributed by atoms with Gasteiger partial charge in [0.05, 0.1) is 59.3 Å². The van der Waals surface area contributed by atoms with Crippen molar-refractivity contribution in [3.8, 4) is 11.5 Å². The van der Waals surface area contributed by atoms with Crippen LogP contribution in [0.4, 0.5) is 11.4 Å². The molecular weight excluding hydrogens is 578 g/mol. The molecule has 0 saturated heterocycles. The monoisotopic (exact) mass is 612 g/mol. The lowest BCUT2D eigenvalue weighted by atomic mass is 10.2. The second-order valence-electron chi connectivity index (χ2n) is 8.67. The highest BCUT2D eigenvalue weighted by Crippen LogP contribution is 2.30. The molecule has 4 N–H and O–H groups in total. The molecule has 0 fully saturated rings. The number of benzene rings is 2. The Bertz CT molecular complexity index is 833. The van der Waals surface area contributed by atoms with Crippen LogP contribution in [0.2, 0.25) is 0 Å². The van der Waals surface area contributed by atoms with Crippen LogP contribution in [0.3, 0.4) is 0 Å². The van der Waals surface area contributed by atoms with E-state index >= 15 is 0 Å². The second kappa shape index (κ2) is 18.1. The zero-order valence-electron chi connectivity index (χ0n) is 21.0. The third kappa shape index (κ3) is 11.0. The predicted octanol–water partition coefficient (Wildman–Crippen LogP) is 3.16. The molecule has 0 heterocycles. The molecule has 4 unspecified atom stereocenters. The van der Waals surface area contributed by atoms with E-state index in [1.54, 1.807) is 21.9 Å². The van der Waals surface area contributed by atoms with Crippen molar-refractivity contribution in [1.82, 2.24) is 0 Å². The van der Waals surface area contributed by atoms with Gasteiger partial charge in [0.2, 0.25) is 0 Å². The van der Waals surface area contributed by atoms with E-state index in [9.17, 15) is 20.4 Å². The van der Waals surface area contributed by atoms with E-state index in [1.165, 1.54) is 0 Å². The van der Waals surface area contributed by atoms with Crippen molar-refractivity contribution in [2.45, 2.75) is 24.4 Å². The van der Waals surface area contributed by atoms with E-state index in [-0.39, 0.29) is 62.9 Å². The molecule has 0 spiro atoms. The van der Waals surface area contributed by atoms with Gasteiger partial charge in [0.25, 0.3) is 0 Å². The lowest BCUT2D eigenvalue weighted by molar-refractivity contribution is 0.178. The van der Waals surface area contributed by atoms with Crippen LogP contribution >= 0.6 is 46.4 Å². The lowest BCUT2D eigenvalue weighted by Crippen LogP contribution is -2.39. The smallest absolute Gasteiger partial charge is 0.142 e. The average molecular weight is 614 g/mol. The number of anilines is 2. The molecule has 0 aliphatic rings. The van der Waals surface area contributed by atoms with Crippen LogP contribution in [0.15, 0.2) is 48.5 Å². The molecule has 12 heteroatoms. The van der Waals surface area contributed by atoms with Crippen LogP contribution in [-0.2, 0) is 0 Å². The Balaban J connectivity index is 2.11. The third-order valence-electron chi connectivity index (χ3n) is 5.45. The minimum Gasteiger partial charge on any atom is -0.488 e. The average Bonchev–Trinajstić information content (AvgIpc) is 2.94. The third-order valence-corrected chi connectivity index (χ3v) is 6.87. The van der Waals surface area contributed by atoms with Crippen molar-refractivity contribution in [3.63, 3.8) is 0 Å². The van der Waals surface area contributed by atoms with Crippen LogP contribution < -0.4 is 19.3 Å². The molecule has 0 aromatic heterocycles. The Morgan fingerprint density at radius 3 is 1.11 bits per heavy atom. The Morgan fingerprint density at radius 2 is 0.816 bits per heavy atom. The van der Waals surface area contributed by atoms with Gasteiger partial charge in [0.15, 0.2) is 0 Å². The number of rotatable bonds is 19. The topological polar surface area (TPSA) is 106 Å². The quantitative estimate of drug-likeness (QED) is 0.141. The fourth-order valence-electron chi connectivity index (χ4n) is 3.74. The van der Waals surface area contributed by atoms with Crippen LogP contribution in [0.5, 0.6) is 11.5 Å². The number of aliphatic hydroxyl groups excluding tert-OH is 4. The molecule has 0 bridgehead atoms. The van der Waals surface area contributed by atoms with E-state index in [1.807, 2.05) is 36.4 Å². The Kier molecular flexibility index (Phi) is 15.6. The van der Waals surface area contributed by atoms with Gasteiger partial charge in [-0.3, -0.25) is 0 Å². The summed E-state index contributed by atoms with van der Waals surface area (Å²) in [5.74, 6) is 1.28. The van der Waals surface area contributed by atoms with Crippen molar-refractivity contribution in [3.05, 3.63) is 48.5 Å². The SMILES string of the molecule is OC(CCl)CN(CC(O)CCl)c1ccccc1OCCOc1ccccc1N(CC(O)CCl)CC(O)CCl. The fourth-order valence-corrected chi connectivity index (χ4v) is 4.13. The minimum atomic E-state index is -0.801. The summed E-state index contributed by atoms with van der Waals surface area (Å²) in [6.45, 7) is 1.17. The van der Waals surface area contributed by atoms with Gasteiger partial charge in [0, 0.05) is 26.2 Å². The number of nitrogens with zero attached hydrogens (tertiary/aromatic N) is 2. The van der Waals surface area contributed by atoms with Crippen LogP contribution in [0.25, 0.3) is 0 Å². The van der Waals surface area contributed by atoms with Crippen molar-refractivity contribution >= 4 is 57.8 Å². The summed E-state index contributed by atoms with van der Waals surface area (Å²) in [6.07, 6.45) is -3.20. The summed E-state index contributed by atoms with van der Waals surface area (Å²) < 4.78 is 12.0. The maximum Gasteiger partial charge on any atom is 0.142 e. The second-order valence-corrected chi connectivity index (χ2v) is 9.91. The van der Waals surface area contributed by atoms with Gasteiger partial charge in [-0.25, -0.2) is 0 Å². The van der Waals surface area contributed by atoms with Crippen molar-refractivity contribution in [2.24, 2.45) is 0 Å². The Hall–Kier alpha value is -1.36. The molecule has 0 amide bonds. The number of alkyl halides is 4. The molecule has 0 saturated carbocycles. The summed E-state index contributed by atoms with van der Waals surface area (Å²) in [5.41, 5.74) is 1.36.